The fourth-order valence-electron chi connectivity index (χ4n) is 2.65. The predicted molar refractivity (Wildman–Crippen MR) is 117 cm³/mol. The standard InChI is InChI=1S/C24H21N3O2/c1-18-8-5-6-12-22(18)24(29)26-21-15-13-20(14-16-21)23(28)27-25-17-7-11-19-9-3-2-4-10-19/h2-17H,1H3,(H,26,29)(H,27,28). The molecule has 0 aliphatic rings. The Bertz CT molecular complexity index is 1040. The molecule has 0 heterocycles. The Hall–Kier alpha value is -3.99. The van der Waals surface area contributed by atoms with Gasteiger partial charge in [-0.3, -0.25) is 9.59 Å². The summed E-state index contributed by atoms with van der Waals surface area (Å²) in [4.78, 5) is 24.5. The number of carbonyl (C=O) groups is 2. The second kappa shape index (κ2) is 9.80. The number of hydrogen-bond acceptors (Lipinski definition) is 3. The number of anilines is 1. The van der Waals surface area contributed by atoms with E-state index < -0.39 is 0 Å². The van der Waals surface area contributed by atoms with Gasteiger partial charge in [-0.05, 0) is 54.5 Å². The zero-order valence-corrected chi connectivity index (χ0v) is 16.0. The van der Waals surface area contributed by atoms with Crippen LogP contribution in [0, 0.1) is 6.92 Å². The topological polar surface area (TPSA) is 70.6 Å². The van der Waals surface area contributed by atoms with E-state index in [0.29, 0.717) is 16.8 Å². The maximum Gasteiger partial charge on any atom is 0.271 e. The van der Waals surface area contributed by atoms with Crippen LogP contribution in [0.5, 0.6) is 0 Å². The number of nitrogens with one attached hydrogen (secondary N) is 2. The van der Waals surface area contributed by atoms with E-state index in [4.69, 9.17) is 0 Å². The molecule has 3 aromatic rings. The van der Waals surface area contributed by atoms with E-state index in [1.165, 1.54) is 6.21 Å². The van der Waals surface area contributed by atoms with Gasteiger partial charge in [-0.25, -0.2) is 5.43 Å². The third-order valence-corrected chi connectivity index (χ3v) is 4.21. The van der Waals surface area contributed by atoms with Crippen molar-refractivity contribution in [1.82, 2.24) is 5.43 Å². The highest BCUT2D eigenvalue weighted by atomic mass is 16.2. The molecule has 0 aromatic heterocycles. The number of nitrogens with zero attached hydrogens (tertiary/aromatic N) is 1. The molecule has 0 spiro atoms. The number of benzene rings is 3. The van der Waals surface area contributed by atoms with Crippen molar-refractivity contribution >= 4 is 29.8 Å². The van der Waals surface area contributed by atoms with Crippen LogP contribution in [-0.4, -0.2) is 18.0 Å². The lowest BCUT2D eigenvalue weighted by Gasteiger charge is -2.08. The molecule has 2 amide bonds. The zero-order valence-electron chi connectivity index (χ0n) is 16.0. The summed E-state index contributed by atoms with van der Waals surface area (Å²) < 4.78 is 0. The quantitative estimate of drug-likeness (QED) is 0.479. The van der Waals surface area contributed by atoms with Crippen LogP contribution in [0.4, 0.5) is 5.69 Å². The number of amides is 2. The molecule has 0 saturated heterocycles. The summed E-state index contributed by atoms with van der Waals surface area (Å²) in [5, 5.41) is 6.73. The summed E-state index contributed by atoms with van der Waals surface area (Å²) in [6.45, 7) is 1.89. The lowest BCUT2D eigenvalue weighted by Crippen LogP contribution is -2.17. The monoisotopic (exact) mass is 383 g/mol. The van der Waals surface area contributed by atoms with Crippen LogP contribution >= 0.6 is 0 Å². The number of hydrogen-bond donors (Lipinski definition) is 2. The summed E-state index contributed by atoms with van der Waals surface area (Å²) in [6.07, 6.45) is 5.16. The van der Waals surface area contributed by atoms with Crippen LogP contribution in [-0.2, 0) is 0 Å². The predicted octanol–water partition coefficient (Wildman–Crippen LogP) is 4.68. The number of aryl methyl sites for hydroxylation is 1. The molecule has 5 heteroatoms. The van der Waals surface area contributed by atoms with Crippen molar-refractivity contribution in [2.75, 3.05) is 5.32 Å². The highest BCUT2D eigenvalue weighted by Gasteiger charge is 2.09. The molecular weight excluding hydrogens is 362 g/mol. The molecule has 0 fully saturated rings. The van der Waals surface area contributed by atoms with Crippen molar-refractivity contribution in [1.29, 1.82) is 0 Å². The zero-order chi connectivity index (χ0) is 20.5. The van der Waals surface area contributed by atoms with Crippen molar-refractivity contribution in [2.24, 2.45) is 5.10 Å². The molecule has 0 bridgehead atoms. The van der Waals surface area contributed by atoms with Crippen molar-refractivity contribution in [3.05, 3.63) is 107 Å². The third-order valence-electron chi connectivity index (χ3n) is 4.21. The van der Waals surface area contributed by atoms with Gasteiger partial charge in [0.2, 0.25) is 0 Å². The molecule has 3 aromatic carbocycles. The lowest BCUT2D eigenvalue weighted by molar-refractivity contribution is 0.0954. The molecule has 2 N–H and O–H groups in total. The summed E-state index contributed by atoms with van der Waals surface area (Å²) in [5.74, 6) is -0.513. The van der Waals surface area contributed by atoms with E-state index in [0.717, 1.165) is 11.1 Å². The summed E-state index contributed by atoms with van der Waals surface area (Å²) in [7, 11) is 0. The average Bonchev–Trinajstić information content (AvgIpc) is 2.75. The van der Waals surface area contributed by atoms with Crippen molar-refractivity contribution in [3.63, 3.8) is 0 Å². The van der Waals surface area contributed by atoms with Crippen LogP contribution in [0.3, 0.4) is 0 Å². The Labute approximate surface area is 169 Å². The van der Waals surface area contributed by atoms with Gasteiger partial charge in [0.15, 0.2) is 0 Å². The lowest BCUT2D eigenvalue weighted by atomic mass is 10.1. The smallest absolute Gasteiger partial charge is 0.271 e. The van der Waals surface area contributed by atoms with Crippen LogP contribution in [0.15, 0.2) is 90.0 Å². The van der Waals surface area contributed by atoms with Crippen LogP contribution in [0.1, 0.15) is 31.8 Å². The average molecular weight is 383 g/mol. The first-order chi connectivity index (χ1) is 14.1. The van der Waals surface area contributed by atoms with Gasteiger partial charge < -0.3 is 5.32 Å². The van der Waals surface area contributed by atoms with Gasteiger partial charge in [0.05, 0.1) is 0 Å². The molecule has 0 aliphatic heterocycles. The van der Waals surface area contributed by atoms with E-state index in [-0.39, 0.29) is 11.8 Å². The third kappa shape index (κ3) is 5.74. The summed E-state index contributed by atoms with van der Waals surface area (Å²) >= 11 is 0. The van der Waals surface area contributed by atoms with E-state index in [1.54, 1.807) is 36.4 Å². The summed E-state index contributed by atoms with van der Waals surface area (Å²) in [6, 6.07) is 23.8. The molecule has 0 saturated carbocycles. The van der Waals surface area contributed by atoms with Gasteiger partial charge in [0, 0.05) is 23.0 Å². The highest BCUT2D eigenvalue weighted by molar-refractivity contribution is 6.05. The van der Waals surface area contributed by atoms with Crippen LogP contribution in [0.2, 0.25) is 0 Å². The fraction of sp³-hybridized carbons (Fsp3) is 0.0417. The summed E-state index contributed by atoms with van der Waals surface area (Å²) in [5.41, 5.74) is 6.10. The molecule has 0 unspecified atom stereocenters. The van der Waals surface area contributed by atoms with Gasteiger partial charge in [-0.15, -0.1) is 0 Å². The molecule has 0 radical (unpaired) electrons. The van der Waals surface area contributed by atoms with E-state index >= 15 is 0 Å². The Morgan fingerprint density at radius 3 is 2.24 bits per heavy atom. The SMILES string of the molecule is Cc1ccccc1C(=O)Nc1ccc(C(=O)NN=CC=Cc2ccccc2)cc1. The second-order valence-corrected chi connectivity index (χ2v) is 6.34. The molecule has 5 nitrogen and oxygen atoms in total. The van der Waals surface area contributed by atoms with E-state index in [2.05, 4.69) is 15.8 Å². The van der Waals surface area contributed by atoms with Gasteiger partial charge in [0.1, 0.15) is 0 Å². The van der Waals surface area contributed by atoms with Crippen LogP contribution < -0.4 is 10.7 Å². The fourth-order valence-corrected chi connectivity index (χ4v) is 2.65. The molecule has 0 atom stereocenters. The molecule has 0 aliphatic carbocycles. The first kappa shape index (κ1) is 19.8. The first-order valence-electron chi connectivity index (χ1n) is 9.15. The van der Waals surface area contributed by atoms with Gasteiger partial charge in [0.25, 0.3) is 11.8 Å². The maximum absolute atomic E-state index is 12.3. The van der Waals surface area contributed by atoms with Crippen molar-refractivity contribution < 1.29 is 9.59 Å². The highest BCUT2D eigenvalue weighted by Crippen LogP contribution is 2.13. The van der Waals surface area contributed by atoms with E-state index in [1.807, 2.05) is 61.5 Å². The van der Waals surface area contributed by atoms with Crippen molar-refractivity contribution in [3.8, 4) is 0 Å². The Kier molecular flexibility index (Phi) is 6.68. The Morgan fingerprint density at radius 1 is 0.828 bits per heavy atom. The maximum atomic E-state index is 12.3. The Balaban J connectivity index is 1.53. The van der Waals surface area contributed by atoms with E-state index in [9.17, 15) is 9.59 Å². The molecular formula is C24H21N3O2. The molecule has 144 valence electrons. The first-order valence-corrected chi connectivity index (χ1v) is 9.15. The Morgan fingerprint density at radius 2 is 1.52 bits per heavy atom. The van der Waals surface area contributed by atoms with Gasteiger partial charge in [-0.1, -0.05) is 54.6 Å². The van der Waals surface area contributed by atoms with Gasteiger partial charge >= 0.3 is 0 Å². The molecule has 3 rings (SSSR count). The molecule has 29 heavy (non-hydrogen) atoms. The van der Waals surface area contributed by atoms with Crippen LogP contribution in [0.25, 0.3) is 6.08 Å². The van der Waals surface area contributed by atoms with Gasteiger partial charge in [-0.2, -0.15) is 5.10 Å². The number of carbonyl (C=O) groups excluding carboxylic acids is 2. The van der Waals surface area contributed by atoms with Crippen molar-refractivity contribution in [2.45, 2.75) is 6.92 Å². The number of allylic oxidation sites excluding steroid dienone is 1. The normalized spacial score (nSPS) is 10.9. The minimum atomic E-state index is -0.328. The minimum Gasteiger partial charge on any atom is -0.322 e. The minimum absolute atomic E-state index is 0.185. The largest absolute Gasteiger partial charge is 0.322 e. The number of hydrazone groups is 1. The second-order valence-electron chi connectivity index (χ2n) is 6.34. The number of rotatable bonds is 6.